The van der Waals surface area contributed by atoms with E-state index in [1.54, 1.807) is 0 Å². The fraction of sp³-hybridized carbons (Fsp3) is 0.556. The molecule has 1 saturated heterocycles. The molecule has 24 heavy (non-hydrogen) atoms. The molecule has 1 amide bonds. The molecule has 1 aliphatic rings. The first-order valence-electron chi connectivity index (χ1n) is 8.01. The number of ether oxygens (including phenoxy) is 2. The molecule has 2 N–H and O–H groups in total. The normalized spacial score (nSPS) is 22.6. The van der Waals surface area contributed by atoms with Crippen LogP contribution in [0.25, 0.3) is 0 Å². The number of hydrogen-bond acceptors (Lipinski definition) is 4. The first-order chi connectivity index (χ1) is 11.1. The minimum atomic E-state index is -1.09. The monoisotopic (exact) mass is 335 g/mol. The van der Waals surface area contributed by atoms with Gasteiger partial charge in [-0.3, -0.25) is 0 Å². The molecule has 1 fully saturated rings. The summed E-state index contributed by atoms with van der Waals surface area (Å²) in [5, 5.41) is 12.0. The van der Waals surface area contributed by atoms with Crippen molar-refractivity contribution in [2.24, 2.45) is 5.92 Å². The maximum absolute atomic E-state index is 12.0. The number of carboxylic acids is 1. The molecule has 0 radical (unpaired) electrons. The molecule has 2 rings (SSSR count). The van der Waals surface area contributed by atoms with Crippen molar-refractivity contribution in [3.8, 4) is 0 Å². The van der Waals surface area contributed by atoms with Gasteiger partial charge in [-0.1, -0.05) is 30.3 Å². The molecule has 2 atom stereocenters. The van der Waals surface area contributed by atoms with Crippen LogP contribution in [0, 0.1) is 5.92 Å². The fourth-order valence-corrected chi connectivity index (χ4v) is 3.35. The number of alkyl carbamates (subject to hydrolysis) is 1. The Morgan fingerprint density at radius 3 is 2.42 bits per heavy atom. The van der Waals surface area contributed by atoms with E-state index in [1.807, 2.05) is 58.0 Å². The van der Waals surface area contributed by atoms with E-state index in [9.17, 15) is 14.7 Å². The van der Waals surface area contributed by atoms with Gasteiger partial charge in [0.25, 0.3) is 0 Å². The number of amides is 1. The van der Waals surface area contributed by atoms with Gasteiger partial charge in [0.2, 0.25) is 0 Å². The lowest BCUT2D eigenvalue weighted by Gasteiger charge is -2.31. The quantitative estimate of drug-likeness (QED) is 0.864. The van der Waals surface area contributed by atoms with Crippen molar-refractivity contribution < 1.29 is 24.2 Å². The average molecular weight is 335 g/mol. The first-order valence-corrected chi connectivity index (χ1v) is 8.01. The van der Waals surface area contributed by atoms with Gasteiger partial charge in [0.15, 0.2) is 0 Å². The van der Waals surface area contributed by atoms with Crippen molar-refractivity contribution in [2.45, 2.75) is 58.0 Å². The first kappa shape index (κ1) is 18.3. The molecule has 0 bridgehead atoms. The largest absolute Gasteiger partial charge is 0.480 e. The minimum Gasteiger partial charge on any atom is -0.480 e. The molecular formula is C18H25NO5. The third-order valence-corrected chi connectivity index (χ3v) is 4.30. The number of aliphatic carboxylic acids is 1. The highest BCUT2D eigenvalue weighted by Crippen LogP contribution is 2.43. The van der Waals surface area contributed by atoms with Crippen LogP contribution in [0.15, 0.2) is 30.3 Å². The Labute approximate surface area is 142 Å². The average Bonchev–Trinajstić information content (AvgIpc) is 2.70. The second-order valence-corrected chi connectivity index (χ2v) is 7.30. The molecule has 0 aliphatic carbocycles. The summed E-state index contributed by atoms with van der Waals surface area (Å²) in [6.07, 6.45) is -0.206. The standard InChI is InChI=1S/C18H25NO5/c1-17(2)10-13(18(3,4)24-17)14(15(20)21)19-16(22)23-11-12-8-6-5-7-9-12/h5-9,13-14H,10-11H2,1-4H3,(H,19,22)(H,20,21). The molecule has 1 heterocycles. The number of nitrogens with one attached hydrogen (secondary N) is 1. The number of benzene rings is 1. The summed E-state index contributed by atoms with van der Waals surface area (Å²) >= 11 is 0. The maximum Gasteiger partial charge on any atom is 0.408 e. The molecule has 2 unspecified atom stereocenters. The van der Waals surface area contributed by atoms with Crippen molar-refractivity contribution in [3.05, 3.63) is 35.9 Å². The van der Waals surface area contributed by atoms with Crippen molar-refractivity contribution in [1.29, 1.82) is 0 Å². The Balaban J connectivity index is 2.01. The second kappa shape index (κ2) is 6.81. The molecule has 0 aromatic heterocycles. The van der Waals surface area contributed by atoms with Crippen molar-refractivity contribution in [2.75, 3.05) is 0 Å². The fourth-order valence-electron chi connectivity index (χ4n) is 3.35. The number of carboxylic acid groups (broad SMARTS) is 1. The lowest BCUT2D eigenvalue weighted by Crippen LogP contribution is -2.51. The van der Waals surface area contributed by atoms with Crippen molar-refractivity contribution >= 4 is 12.1 Å². The molecule has 1 aromatic rings. The summed E-state index contributed by atoms with van der Waals surface area (Å²) in [6.45, 7) is 7.62. The van der Waals surface area contributed by atoms with E-state index in [2.05, 4.69) is 5.32 Å². The van der Waals surface area contributed by atoms with E-state index in [0.29, 0.717) is 6.42 Å². The zero-order valence-corrected chi connectivity index (χ0v) is 14.5. The molecule has 1 aromatic carbocycles. The van der Waals surface area contributed by atoms with E-state index < -0.39 is 29.3 Å². The summed E-state index contributed by atoms with van der Waals surface area (Å²) in [4.78, 5) is 23.7. The van der Waals surface area contributed by atoms with Crippen LogP contribution in [-0.2, 0) is 20.9 Å². The van der Waals surface area contributed by atoms with Crippen molar-refractivity contribution in [3.63, 3.8) is 0 Å². The zero-order chi connectivity index (χ0) is 18.0. The van der Waals surface area contributed by atoms with Gasteiger partial charge < -0.3 is 19.9 Å². The number of rotatable bonds is 5. The highest BCUT2D eigenvalue weighted by molar-refractivity contribution is 5.80. The van der Waals surface area contributed by atoms with Gasteiger partial charge in [0, 0.05) is 5.92 Å². The smallest absolute Gasteiger partial charge is 0.408 e. The summed E-state index contributed by atoms with van der Waals surface area (Å²) in [7, 11) is 0. The van der Waals surface area contributed by atoms with Crippen LogP contribution in [-0.4, -0.2) is 34.4 Å². The Bertz CT molecular complexity index is 597. The number of carbonyl (C=O) groups excluding carboxylic acids is 1. The molecule has 0 saturated carbocycles. The highest BCUT2D eigenvalue weighted by atomic mass is 16.5. The summed E-state index contributed by atoms with van der Waals surface area (Å²) in [5.74, 6) is -1.44. The van der Waals surface area contributed by atoms with Gasteiger partial charge in [-0.2, -0.15) is 0 Å². The molecule has 6 heteroatoms. The predicted octanol–water partition coefficient (Wildman–Crippen LogP) is 2.96. The summed E-state index contributed by atoms with van der Waals surface area (Å²) in [5.41, 5.74) is -0.248. The minimum absolute atomic E-state index is 0.0923. The summed E-state index contributed by atoms with van der Waals surface area (Å²) in [6, 6.07) is 8.16. The molecular weight excluding hydrogens is 310 g/mol. The van der Waals surface area contributed by atoms with Gasteiger partial charge in [0.05, 0.1) is 11.2 Å². The van der Waals surface area contributed by atoms with Crippen LogP contribution in [0.3, 0.4) is 0 Å². The molecule has 1 aliphatic heterocycles. The maximum atomic E-state index is 12.0. The van der Waals surface area contributed by atoms with Gasteiger partial charge in [-0.15, -0.1) is 0 Å². The predicted molar refractivity (Wildman–Crippen MR) is 88.5 cm³/mol. The lowest BCUT2D eigenvalue weighted by atomic mass is 9.81. The number of hydrogen-bond donors (Lipinski definition) is 2. The SMILES string of the molecule is CC1(C)CC(C(NC(=O)OCc2ccccc2)C(=O)O)C(C)(C)O1. The molecule has 0 spiro atoms. The van der Waals surface area contributed by atoms with E-state index in [1.165, 1.54) is 0 Å². The van der Waals surface area contributed by atoms with Crippen LogP contribution >= 0.6 is 0 Å². The van der Waals surface area contributed by atoms with Crippen LogP contribution < -0.4 is 5.32 Å². The van der Waals surface area contributed by atoms with Crippen LogP contribution in [0.2, 0.25) is 0 Å². The lowest BCUT2D eigenvalue weighted by molar-refractivity contribution is -0.143. The van der Waals surface area contributed by atoms with E-state index in [0.717, 1.165) is 5.56 Å². The Morgan fingerprint density at radius 1 is 1.29 bits per heavy atom. The van der Waals surface area contributed by atoms with Gasteiger partial charge >= 0.3 is 12.1 Å². The van der Waals surface area contributed by atoms with Gasteiger partial charge in [0.1, 0.15) is 12.6 Å². The highest BCUT2D eigenvalue weighted by Gasteiger charge is 2.51. The topological polar surface area (TPSA) is 84.9 Å². The third-order valence-electron chi connectivity index (χ3n) is 4.30. The van der Waals surface area contributed by atoms with E-state index in [-0.39, 0.29) is 12.5 Å². The third kappa shape index (κ3) is 4.47. The Morgan fingerprint density at radius 2 is 1.92 bits per heavy atom. The van der Waals surface area contributed by atoms with Crippen LogP contribution in [0.4, 0.5) is 4.79 Å². The molecule has 132 valence electrons. The zero-order valence-electron chi connectivity index (χ0n) is 14.5. The van der Waals surface area contributed by atoms with Gasteiger partial charge in [-0.25, -0.2) is 9.59 Å². The second-order valence-electron chi connectivity index (χ2n) is 7.30. The van der Waals surface area contributed by atoms with Crippen LogP contribution in [0.1, 0.15) is 39.7 Å². The van der Waals surface area contributed by atoms with Gasteiger partial charge in [-0.05, 0) is 39.7 Å². The van der Waals surface area contributed by atoms with E-state index in [4.69, 9.17) is 9.47 Å². The summed E-state index contributed by atoms with van der Waals surface area (Å²) < 4.78 is 11.1. The van der Waals surface area contributed by atoms with Crippen LogP contribution in [0.5, 0.6) is 0 Å². The Kier molecular flexibility index (Phi) is 5.18. The van der Waals surface area contributed by atoms with Crippen molar-refractivity contribution in [1.82, 2.24) is 5.32 Å². The Hall–Kier alpha value is -2.08. The molecule has 6 nitrogen and oxygen atoms in total. The van der Waals surface area contributed by atoms with E-state index >= 15 is 0 Å². The number of carbonyl (C=O) groups is 2.